The summed E-state index contributed by atoms with van der Waals surface area (Å²) in [6, 6.07) is 5.83. The third-order valence-electron chi connectivity index (χ3n) is 5.59. The van der Waals surface area contributed by atoms with Crippen LogP contribution in [0.15, 0.2) is 24.3 Å². The van der Waals surface area contributed by atoms with E-state index in [-0.39, 0.29) is 18.5 Å². The summed E-state index contributed by atoms with van der Waals surface area (Å²) in [7, 11) is 0. The van der Waals surface area contributed by atoms with E-state index in [1.165, 1.54) is 5.57 Å². The lowest BCUT2D eigenvalue weighted by molar-refractivity contribution is -0.189. The Bertz CT molecular complexity index is 726. The predicted molar refractivity (Wildman–Crippen MR) is 87.1 cm³/mol. The van der Waals surface area contributed by atoms with Crippen molar-refractivity contribution >= 4 is 11.5 Å². The van der Waals surface area contributed by atoms with Gasteiger partial charge in [-0.25, -0.2) is 0 Å². The molecule has 2 heterocycles. The van der Waals surface area contributed by atoms with Crippen LogP contribution in [0.1, 0.15) is 41.9 Å². The van der Waals surface area contributed by atoms with E-state index >= 15 is 0 Å². The van der Waals surface area contributed by atoms with E-state index in [4.69, 9.17) is 4.74 Å². The van der Waals surface area contributed by atoms with Gasteiger partial charge in [0.2, 0.25) is 0 Å². The number of alkyl halides is 3. The Morgan fingerprint density at radius 3 is 2.84 bits per heavy atom. The van der Waals surface area contributed by atoms with E-state index < -0.39 is 12.1 Å². The highest BCUT2D eigenvalue weighted by Gasteiger charge is 2.49. The molecule has 1 aromatic rings. The van der Waals surface area contributed by atoms with Crippen LogP contribution in [0.4, 0.5) is 13.2 Å². The van der Waals surface area contributed by atoms with Gasteiger partial charge in [-0.05, 0) is 47.9 Å². The number of likely N-dealkylation sites (tertiary alicyclic amines) is 1. The van der Waals surface area contributed by atoms with Gasteiger partial charge in [-0.3, -0.25) is 4.79 Å². The van der Waals surface area contributed by atoms with Crippen LogP contribution in [0.2, 0.25) is 0 Å². The maximum atomic E-state index is 12.9. The smallest absolute Gasteiger partial charge is 0.377 e. The van der Waals surface area contributed by atoms with Crippen molar-refractivity contribution in [1.29, 1.82) is 0 Å². The summed E-state index contributed by atoms with van der Waals surface area (Å²) in [6.07, 6.45) is 0.0939. The van der Waals surface area contributed by atoms with Crippen molar-refractivity contribution in [2.75, 3.05) is 19.8 Å². The van der Waals surface area contributed by atoms with E-state index in [0.717, 1.165) is 34.4 Å². The highest BCUT2D eigenvalue weighted by molar-refractivity contribution is 5.82. The first-order chi connectivity index (χ1) is 11.9. The molecule has 2 atom stereocenters. The van der Waals surface area contributed by atoms with E-state index in [1.807, 2.05) is 12.1 Å². The number of benzene rings is 1. The summed E-state index contributed by atoms with van der Waals surface area (Å²) >= 11 is 0. The molecule has 0 aromatic heterocycles. The highest BCUT2D eigenvalue weighted by atomic mass is 19.4. The molecule has 25 heavy (non-hydrogen) atoms. The van der Waals surface area contributed by atoms with Gasteiger partial charge in [0.25, 0.3) is 0 Å². The van der Waals surface area contributed by atoms with Gasteiger partial charge in [-0.1, -0.05) is 24.3 Å². The summed E-state index contributed by atoms with van der Waals surface area (Å²) in [4.78, 5) is 12.9. The van der Waals surface area contributed by atoms with Crippen LogP contribution in [0.5, 0.6) is 0 Å². The molecule has 0 unspecified atom stereocenters. The quantitative estimate of drug-likeness (QED) is 0.772. The number of hydrogen-bond acceptors (Lipinski definition) is 2. The van der Waals surface area contributed by atoms with Crippen LogP contribution < -0.4 is 0 Å². The SMILES string of the molecule is O=C(N1CCC[C@@H]2c3cc(C4=CCOCC4)ccc3C[C@@H]21)C(F)(F)F. The van der Waals surface area contributed by atoms with Crippen molar-refractivity contribution in [2.24, 2.45) is 0 Å². The largest absolute Gasteiger partial charge is 0.471 e. The Morgan fingerprint density at radius 2 is 2.12 bits per heavy atom. The molecule has 0 bridgehead atoms. The molecule has 0 spiro atoms. The maximum absolute atomic E-state index is 12.9. The van der Waals surface area contributed by atoms with Gasteiger partial charge in [-0.15, -0.1) is 0 Å². The lowest BCUT2D eigenvalue weighted by atomic mass is 9.87. The Morgan fingerprint density at radius 1 is 1.28 bits per heavy atom. The van der Waals surface area contributed by atoms with Gasteiger partial charge in [-0.2, -0.15) is 13.2 Å². The monoisotopic (exact) mass is 351 g/mol. The van der Waals surface area contributed by atoms with E-state index in [1.54, 1.807) is 0 Å². The minimum Gasteiger partial charge on any atom is -0.377 e. The molecular weight excluding hydrogens is 331 g/mol. The third-order valence-corrected chi connectivity index (χ3v) is 5.59. The van der Waals surface area contributed by atoms with Crippen molar-refractivity contribution < 1.29 is 22.7 Å². The number of rotatable bonds is 1. The molecule has 1 aromatic carbocycles. The van der Waals surface area contributed by atoms with Crippen LogP contribution in [0.25, 0.3) is 5.57 Å². The average Bonchev–Trinajstić information content (AvgIpc) is 2.99. The zero-order valence-electron chi connectivity index (χ0n) is 13.8. The summed E-state index contributed by atoms with van der Waals surface area (Å²) in [5, 5.41) is 0. The molecule has 0 radical (unpaired) electrons. The summed E-state index contributed by atoms with van der Waals surface area (Å²) < 4.78 is 44.1. The minimum atomic E-state index is -4.80. The second-order valence-corrected chi connectivity index (χ2v) is 6.98. The van der Waals surface area contributed by atoms with Crippen LogP contribution in [0.3, 0.4) is 0 Å². The van der Waals surface area contributed by atoms with Crippen LogP contribution in [0, 0.1) is 0 Å². The fourth-order valence-corrected chi connectivity index (χ4v) is 4.43. The number of carbonyl (C=O) groups excluding carboxylic acids is 1. The summed E-state index contributed by atoms with van der Waals surface area (Å²) in [5.41, 5.74) is 4.56. The second kappa shape index (κ2) is 6.16. The lowest BCUT2D eigenvalue weighted by Crippen LogP contribution is -2.51. The van der Waals surface area contributed by atoms with Crippen molar-refractivity contribution in [3.05, 3.63) is 41.0 Å². The second-order valence-electron chi connectivity index (χ2n) is 6.98. The number of hydrogen-bond donors (Lipinski definition) is 0. The van der Waals surface area contributed by atoms with E-state index in [0.29, 0.717) is 26.1 Å². The first-order valence-corrected chi connectivity index (χ1v) is 8.73. The first-order valence-electron chi connectivity index (χ1n) is 8.73. The zero-order valence-corrected chi connectivity index (χ0v) is 13.8. The van der Waals surface area contributed by atoms with Crippen LogP contribution >= 0.6 is 0 Å². The van der Waals surface area contributed by atoms with Gasteiger partial charge >= 0.3 is 12.1 Å². The molecule has 0 saturated carbocycles. The first kappa shape index (κ1) is 16.6. The molecule has 4 rings (SSSR count). The minimum absolute atomic E-state index is 0.00967. The lowest BCUT2D eigenvalue weighted by Gasteiger charge is -2.38. The number of carbonyl (C=O) groups is 1. The molecule has 1 aliphatic carbocycles. The maximum Gasteiger partial charge on any atom is 0.471 e. The van der Waals surface area contributed by atoms with Crippen LogP contribution in [-0.2, 0) is 16.0 Å². The number of nitrogens with zero attached hydrogens (tertiary/aromatic N) is 1. The molecular formula is C19H20F3NO2. The zero-order chi connectivity index (χ0) is 17.6. The molecule has 134 valence electrons. The van der Waals surface area contributed by atoms with Crippen molar-refractivity contribution in [2.45, 2.75) is 43.8 Å². The topological polar surface area (TPSA) is 29.5 Å². The van der Waals surface area contributed by atoms with Gasteiger partial charge in [0, 0.05) is 18.5 Å². The summed E-state index contributed by atoms with van der Waals surface area (Å²) in [6.45, 7) is 1.50. The summed E-state index contributed by atoms with van der Waals surface area (Å²) in [5.74, 6) is -1.68. The van der Waals surface area contributed by atoms with Crippen molar-refractivity contribution in [3.63, 3.8) is 0 Å². The molecule has 2 aliphatic heterocycles. The fraction of sp³-hybridized carbons (Fsp3) is 0.526. The average molecular weight is 351 g/mol. The van der Waals surface area contributed by atoms with Gasteiger partial charge < -0.3 is 9.64 Å². The van der Waals surface area contributed by atoms with E-state index in [9.17, 15) is 18.0 Å². The highest BCUT2D eigenvalue weighted by Crippen LogP contribution is 2.44. The number of ether oxygens (including phenoxy) is 1. The molecule has 1 fully saturated rings. The normalized spacial score (nSPS) is 26.0. The van der Waals surface area contributed by atoms with Gasteiger partial charge in [0.15, 0.2) is 0 Å². The molecule has 1 saturated heterocycles. The van der Waals surface area contributed by atoms with E-state index in [2.05, 4.69) is 12.1 Å². The molecule has 3 nitrogen and oxygen atoms in total. The Balaban J connectivity index is 1.63. The van der Waals surface area contributed by atoms with Crippen molar-refractivity contribution in [1.82, 2.24) is 4.90 Å². The molecule has 6 heteroatoms. The Kier molecular flexibility index (Phi) is 4.10. The number of amides is 1. The molecule has 0 N–H and O–H groups in total. The number of fused-ring (bicyclic) bond motifs is 3. The van der Waals surface area contributed by atoms with Gasteiger partial charge in [0.1, 0.15) is 0 Å². The van der Waals surface area contributed by atoms with Gasteiger partial charge in [0.05, 0.1) is 13.2 Å². The van der Waals surface area contributed by atoms with Crippen LogP contribution in [-0.4, -0.2) is 42.8 Å². The third kappa shape index (κ3) is 2.97. The number of piperidine rings is 1. The standard InChI is InChI=1S/C19H20F3NO2/c20-19(21,22)18(24)23-7-1-2-15-16-10-13(12-5-8-25-9-6-12)3-4-14(16)11-17(15)23/h3-5,10,15,17H,1-2,6-9,11H2/t15-,17+/m1/s1. The molecule has 1 amide bonds. The van der Waals surface area contributed by atoms with Crippen molar-refractivity contribution in [3.8, 4) is 0 Å². The molecule has 3 aliphatic rings. The fourth-order valence-electron chi connectivity index (χ4n) is 4.43. The predicted octanol–water partition coefficient (Wildman–Crippen LogP) is 3.68. The Hall–Kier alpha value is -1.82. The number of halogens is 3. The Labute approximate surface area is 144 Å².